The average Bonchev–Trinajstić information content (AvgIpc) is 3.24. The first-order valence-electron chi connectivity index (χ1n) is 10.9. The SMILES string of the molecule is COc1cc(/C=C2/C(=N)N3N=C(C(C)C)SC3=NC2=O)ccc1OCCOc1cccc(C)c1. The second-order valence-electron chi connectivity index (χ2n) is 8.04. The predicted molar refractivity (Wildman–Crippen MR) is 135 cm³/mol. The van der Waals surface area contributed by atoms with E-state index in [9.17, 15) is 4.79 Å². The minimum atomic E-state index is -0.462. The van der Waals surface area contributed by atoms with Crippen molar-refractivity contribution in [3.05, 3.63) is 59.2 Å². The number of benzene rings is 2. The van der Waals surface area contributed by atoms with Gasteiger partial charge in [-0.3, -0.25) is 10.2 Å². The molecule has 1 N–H and O–H groups in total. The molecular formula is C25H26N4O4S. The van der Waals surface area contributed by atoms with E-state index in [0.717, 1.165) is 16.4 Å². The Balaban J connectivity index is 1.45. The third kappa shape index (κ3) is 5.14. The molecule has 2 aromatic rings. The quantitative estimate of drug-likeness (QED) is 0.435. The molecule has 0 aromatic heterocycles. The first kappa shape index (κ1) is 23.6. The van der Waals surface area contributed by atoms with E-state index in [1.165, 1.54) is 16.8 Å². The fourth-order valence-corrected chi connectivity index (χ4v) is 4.21. The zero-order valence-electron chi connectivity index (χ0n) is 19.5. The van der Waals surface area contributed by atoms with Crippen LogP contribution in [0.4, 0.5) is 0 Å². The molecule has 0 atom stereocenters. The molecule has 2 aromatic carbocycles. The Morgan fingerprint density at radius 2 is 1.91 bits per heavy atom. The number of carbonyl (C=O) groups is 1. The summed E-state index contributed by atoms with van der Waals surface area (Å²) in [5.74, 6) is 1.60. The summed E-state index contributed by atoms with van der Waals surface area (Å²) in [6, 6.07) is 13.2. The van der Waals surface area contributed by atoms with Crippen LogP contribution in [0.2, 0.25) is 0 Å². The van der Waals surface area contributed by atoms with Crippen molar-refractivity contribution in [3.63, 3.8) is 0 Å². The lowest BCUT2D eigenvalue weighted by atomic mass is 10.1. The van der Waals surface area contributed by atoms with Crippen LogP contribution in [-0.2, 0) is 4.79 Å². The molecule has 0 aliphatic carbocycles. The molecule has 0 bridgehead atoms. The van der Waals surface area contributed by atoms with E-state index in [4.69, 9.17) is 19.6 Å². The number of amides is 1. The third-order valence-corrected chi connectivity index (χ3v) is 6.27. The number of amidine groups is 2. The number of methoxy groups -OCH3 is 1. The maximum Gasteiger partial charge on any atom is 0.283 e. The van der Waals surface area contributed by atoms with Crippen LogP contribution in [0.1, 0.15) is 25.0 Å². The minimum absolute atomic E-state index is 0.00532. The summed E-state index contributed by atoms with van der Waals surface area (Å²) in [6.45, 7) is 6.76. The number of fused-ring (bicyclic) bond motifs is 1. The molecule has 0 radical (unpaired) electrons. The molecule has 9 heteroatoms. The van der Waals surface area contributed by atoms with Crippen LogP contribution >= 0.6 is 11.8 Å². The number of thioether (sulfide) groups is 1. The molecule has 4 rings (SSSR count). The molecule has 8 nitrogen and oxygen atoms in total. The summed E-state index contributed by atoms with van der Waals surface area (Å²) in [5, 5.41) is 15.6. The van der Waals surface area contributed by atoms with Gasteiger partial charge in [0, 0.05) is 5.92 Å². The molecule has 176 valence electrons. The molecule has 0 fully saturated rings. The van der Waals surface area contributed by atoms with Crippen molar-refractivity contribution >= 4 is 39.8 Å². The number of aryl methyl sites for hydroxylation is 1. The highest BCUT2D eigenvalue weighted by Crippen LogP contribution is 2.32. The second kappa shape index (κ2) is 10.1. The summed E-state index contributed by atoms with van der Waals surface area (Å²) in [5.41, 5.74) is 1.99. The Morgan fingerprint density at radius 1 is 1.12 bits per heavy atom. The standard InChI is InChI=1S/C25H26N4O4S/c1-15(2)24-28-29-22(26)19(23(30)27-25(29)34-24)13-17-8-9-20(21(14-17)31-4)33-11-10-32-18-7-5-6-16(3)12-18/h5-9,12-15,26H,10-11H2,1-4H3/b19-13-,26-22?. The van der Waals surface area contributed by atoms with Crippen LogP contribution < -0.4 is 14.2 Å². The maximum absolute atomic E-state index is 12.6. The lowest BCUT2D eigenvalue weighted by Crippen LogP contribution is -2.35. The van der Waals surface area contributed by atoms with Crippen molar-refractivity contribution in [2.45, 2.75) is 20.8 Å². The molecular weight excluding hydrogens is 452 g/mol. The fourth-order valence-electron chi connectivity index (χ4n) is 3.32. The van der Waals surface area contributed by atoms with Crippen LogP contribution in [0.3, 0.4) is 0 Å². The molecule has 1 amide bonds. The number of hydrazone groups is 1. The van der Waals surface area contributed by atoms with Crippen LogP contribution in [0, 0.1) is 18.3 Å². The molecule has 2 aliphatic heterocycles. The molecule has 0 saturated heterocycles. The highest BCUT2D eigenvalue weighted by atomic mass is 32.2. The van der Waals surface area contributed by atoms with E-state index in [1.54, 1.807) is 31.4 Å². The lowest BCUT2D eigenvalue weighted by molar-refractivity contribution is -0.114. The topological polar surface area (TPSA) is 96.6 Å². The van der Waals surface area contributed by atoms with Crippen molar-refractivity contribution in [3.8, 4) is 17.2 Å². The molecule has 0 saturated carbocycles. The summed E-state index contributed by atoms with van der Waals surface area (Å²) < 4.78 is 17.0. The number of hydrogen-bond donors (Lipinski definition) is 1. The predicted octanol–water partition coefficient (Wildman–Crippen LogP) is 4.74. The van der Waals surface area contributed by atoms with Crippen molar-refractivity contribution in [1.82, 2.24) is 5.01 Å². The van der Waals surface area contributed by atoms with Crippen molar-refractivity contribution in [2.75, 3.05) is 20.3 Å². The number of hydrogen-bond acceptors (Lipinski definition) is 7. The Bertz CT molecular complexity index is 1220. The van der Waals surface area contributed by atoms with Crippen LogP contribution in [0.15, 0.2) is 58.1 Å². The summed E-state index contributed by atoms with van der Waals surface area (Å²) in [4.78, 5) is 16.7. The summed E-state index contributed by atoms with van der Waals surface area (Å²) >= 11 is 1.33. The monoisotopic (exact) mass is 478 g/mol. The first-order valence-corrected chi connectivity index (χ1v) is 11.7. The van der Waals surface area contributed by atoms with Gasteiger partial charge in [-0.15, -0.1) is 0 Å². The molecule has 2 heterocycles. The van der Waals surface area contributed by atoms with Crippen LogP contribution in [-0.4, -0.2) is 47.3 Å². The van der Waals surface area contributed by atoms with Crippen molar-refractivity contribution in [2.24, 2.45) is 16.0 Å². The number of aliphatic imine (C=N–C) groups is 1. The molecule has 34 heavy (non-hydrogen) atoms. The van der Waals surface area contributed by atoms with Gasteiger partial charge >= 0.3 is 0 Å². The number of nitrogens with one attached hydrogen (secondary N) is 1. The summed E-state index contributed by atoms with van der Waals surface area (Å²) in [7, 11) is 1.55. The van der Waals surface area contributed by atoms with Gasteiger partial charge in [-0.25, -0.2) is 0 Å². The highest BCUT2D eigenvalue weighted by Gasteiger charge is 2.36. The number of nitrogens with zero attached hydrogens (tertiary/aromatic N) is 3. The minimum Gasteiger partial charge on any atom is -0.493 e. The Morgan fingerprint density at radius 3 is 2.65 bits per heavy atom. The Hall–Kier alpha value is -3.59. The zero-order chi connectivity index (χ0) is 24.2. The van der Waals surface area contributed by atoms with Crippen LogP contribution in [0.5, 0.6) is 17.2 Å². The van der Waals surface area contributed by atoms with E-state index in [-0.39, 0.29) is 17.3 Å². The van der Waals surface area contributed by atoms with Gasteiger partial charge in [0.1, 0.15) is 24.0 Å². The number of rotatable bonds is 8. The van der Waals surface area contributed by atoms with Crippen LogP contribution in [0.25, 0.3) is 6.08 Å². The Labute approximate surface area is 202 Å². The lowest BCUT2D eigenvalue weighted by Gasteiger charge is -2.20. The van der Waals surface area contributed by atoms with Gasteiger partial charge in [0.05, 0.1) is 12.7 Å². The van der Waals surface area contributed by atoms with E-state index >= 15 is 0 Å². The molecule has 2 aliphatic rings. The van der Waals surface area contributed by atoms with Gasteiger partial charge in [0.2, 0.25) is 5.17 Å². The number of ether oxygens (including phenoxy) is 3. The summed E-state index contributed by atoms with van der Waals surface area (Å²) in [6.07, 6.45) is 1.62. The van der Waals surface area contributed by atoms with Gasteiger partial charge in [0.25, 0.3) is 5.91 Å². The van der Waals surface area contributed by atoms with Gasteiger partial charge in [-0.05, 0) is 60.2 Å². The van der Waals surface area contributed by atoms with Gasteiger partial charge in [-0.1, -0.05) is 32.0 Å². The second-order valence-corrected chi connectivity index (χ2v) is 9.02. The Kier molecular flexibility index (Phi) is 7.02. The third-order valence-electron chi connectivity index (χ3n) is 5.06. The normalized spacial score (nSPS) is 16.5. The fraction of sp³-hybridized carbons (Fsp3) is 0.280. The van der Waals surface area contributed by atoms with Crippen molar-refractivity contribution in [1.29, 1.82) is 5.41 Å². The molecule has 0 unspecified atom stereocenters. The largest absolute Gasteiger partial charge is 0.493 e. The van der Waals surface area contributed by atoms with Gasteiger partial charge < -0.3 is 14.2 Å². The van der Waals surface area contributed by atoms with E-state index < -0.39 is 5.91 Å². The number of carbonyl (C=O) groups excluding carboxylic acids is 1. The zero-order valence-corrected chi connectivity index (χ0v) is 20.3. The smallest absolute Gasteiger partial charge is 0.283 e. The molecule has 0 spiro atoms. The van der Waals surface area contributed by atoms with E-state index in [2.05, 4.69) is 10.1 Å². The highest BCUT2D eigenvalue weighted by molar-refractivity contribution is 8.27. The van der Waals surface area contributed by atoms with Gasteiger partial charge in [0.15, 0.2) is 17.3 Å². The van der Waals surface area contributed by atoms with Gasteiger partial charge in [-0.2, -0.15) is 15.1 Å². The average molecular weight is 479 g/mol. The first-order chi connectivity index (χ1) is 16.4. The van der Waals surface area contributed by atoms with Crippen molar-refractivity contribution < 1.29 is 19.0 Å². The maximum atomic E-state index is 12.6. The van der Waals surface area contributed by atoms with E-state index in [0.29, 0.717) is 35.4 Å². The van der Waals surface area contributed by atoms with E-state index in [1.807, 2.05) is 45.0 Å².